The lowest BCUT2D eigenvalue weighted by Gasteiger charge is -2.04. The van der Waals surface area contributed by atoms with Gasteiger partial charge in [0, 0.05) is 18.5 Å². The fourth-order valence-corrected chi connectivity index (χ4v) is 2.38. The summed E-state index contributed by atoms with van der Waals surface area (Å²) in [6.07, 6.45) is 2.90. The summed E-state index contributed by atoms with van der Waals surface area (Å²) in [5.74, 6) is 2.19. The van der Waals surface area contributed by atoms with Crippen LogP contribution in [0.1, 0.15) is 43.6 Å². The second-order valence-electron chi connectivity index (χ2n) is 5.54. The summed E-state index contributed by atoms with van der Waals surface area (Å²) in [4.78, 5) is 4.51. The summed E-state index contributed by atoms with van der Waals surface area (Å²) in [7, 11) is 0. The molecule has 1 aromatic heterocycles. The molecule has 0 fully saturated rings. The predicted octanol–water partition coefficient (Wildman–Crippen LogP) is 3.37. The fourth-order valence-electron chi connectivity index (χ4n) is 2.38. The van der Waals surface area contributed by atoms with Crippen molar-refractivity contribution in [2.24, 2.45) is 5.92 Å². The molecule has 1 unspecified atom stereocenters. The predicted molar refractivity (Wildman–Crippen MR) is 74.0 cm³/mol. The zero-order valence-corrected chi connectivity index (χ0v) is 11.4. The quantitative estimate of drug-likeness (QED) is 0.912. The van der Waals surface area contributed by atoms with Crippen LogP contribution in [0.2, 0.25) is 0 Å². The van der Waals surface area contributed by atoms with Crippen LogP contribution in [0, 0.1) is 5.92 Å². The summed E-state index contributed by atoms with van der Waals surface area (Å²) in [6.45, 7) is 4.41. The first kappa shape index (κ1) is 12.2. The molecule has 1 N–H and O–H groups in total. The van der Waals surface area contributed by atoms with Gasteiger partial charge in [-0.25, -0.2) is 0 Å². The zero-order chi connectivity index (χ0) is 13.2. The van der Waals surface area contributed by atoms with Crippen LogP contribution >= 0.6 is 0 Å². The largest absolute Gasteiger partial charge is 0.373 e. The molecule has 0 saturated heterocycles. The number of aryl methyl sites for hydroxylation is 1. The molecule has 1 aliphatic heterocycles. The first-order valence-electron chi connectivity index (χ1n) is 6.89. The smallest absolute Gasteiger partial charge is 0.249 e. The van der Waals surface area contributed by atoms with Crippen molar-refractivity contribution in [2.45, 2.75) is 39.2 Å². The molecule has 4 nitrogen and oxygen atoms in total. The highest BCUT2D eigenvalue weighted by atomic mass is 16.5. The maximum Gasteiger partial charge on any atom is 0.249 e. The Morgan fingerprint density at radius 3 is 3.00 bits per heavy atom. The normalized spacial score (nSPS) is 17.5. The van der Waals surface area contributed by atoms with Crippen LogP contribution in [0.5, 0.6) is 0 Å². The van der Waals surface area contributed by atoms with E-state index in [0.29, 0.717) is 11.8 Å². The van der Waals surface area contributed by atoms with Gasteiger partial charge in [-0.2, -0.15) is 4.98 Å². The van der Waals surface area contributed by atoms with Gasteiger partial charge in [-0.3, -0.25) is 0 Å². The monoisotopic (exact) mass is 257 g/mol. The molecule has 1 aromatic carbocycles. The lowest BCUT2D eigenvalue weighted by atomic mass is 10.1. The molecule has 4 heteroatoms. The molecule has 0 amide bonds. The Morgan fingerprint density at radius 2 is 2.21 bits per heavy atom. The van der Waals surface area contributed by atoms with Gasteiger partial charge in [0.1, 0.15) is 6.04 Å². The average molecular weight is 257 g/mol. The Balaban J connectivity index is 1.68. The molecule has 0 saturated carbocycles. The van der Waals surface area contributed by atoms with Crippen LogP contribution in [0.4, 0.5) is 5.69 Å². The maximum atomic E-state index is 5.39. The summed E-state index contributed by atoms with van der Waals surface area (Å²) < 4.78 is 5.39. The summed E-state index contributed by atoms with van der Waals surface area (Å²) in [5.41, 5.74) is 2.49. The van der Waals surface area contributed by atoms with Crippen LogP contribution in [0.15, 0.2) is 28.8 Å². The van der Waals surface area contributed by atoms with E-state index in [1.54, 1.807) is 0 Å². The SMILES string of the molecule is CC(C)CCc1noc(C2Cc3ccccc3N2)n1. The second-order valence-corrected chi connectivity index (χ2v) is 5.54. The van der Waals surface area contributed by atoms with E-state index in [9.17, 15) is 0 Å². The Morgan fingerprint density at radius 1 is 1.37 bits per heavy atom. The van der Waals surface area contributed by atoms with E-state index in [0.717, 1.165) is 25.1 Å². The standard InChI is InChI=1S/C15H19N3O/c1-10(2)7-8-14-17-15(19-18-14)13-9-11-5-3-4-6-12(11)16-13/h3-6,10,13,16H,7-9H2,1-2H3. The number of nitrogens with one attached hydrogen (secondary N) is 1. The number of para-hydroxylation sites is 1. The Bertz CT molecular complexity index is 537. The molecular weight excluding hydrogens is 238 g/mol. The molecule has 2 aromatic rings. The number of rotatable bonds is 4. The number of anilines is 1. The van der Waals surface area contributed by atoms with Crippen molar-refractivity contribution in [1.82, 2.24) is 10.1 Å². The molecule has 0 radical (unpaired) electrons. The van der Waals surface area contributed by atoms with Crippen molar-refractivity contribution in [3.8, 4) is 0 Å². The minimum Gasteiger partial charge on any atom is -0.373 e. The third-order valence-electron chi connectivity index (χ3n) is 3.50. The number of hydrogen-bond donors (Lipinski definition) is 1. The van der Waals surface area contributed by atoms with E-state index in [-0.39, 0.29) is 6.04 Å². The molecule has 1 atom stereocenters. The third kappa shape index (κ3) is 2.62. The first-order valence-corrected chi connectivity index (χ1v) is 6.89. The van der Waals surface area contributed by atoms with E-state index in [1.807, 2.05) is 6.07 Å². The van der Waals surface area contributed by atoms with Crippen LogP contribution in [-0.2, 0) is 12.8 Å². The molecule has 19 heavy (non-hydrogen) atoms. The highest BCUT2D eigenvalue weighted by Crippen LogP contribution is 2.33. The number of benzene rings is 1. The minimum absolute atomic E-state index is 0.123. The summed E-state index contributed by atoms with van der Waals surface area (Å²) in [5, 5.41) is 7.50. The van der Waals surface area contributed by atoms with Crippen LogP contribution < -0.4 is 5.32 Å². The zero-order valence-electron chi connectivity index (χ0n) is 11.4. The first-order chi connectivity index (χ1) is 9.22. The van der Waals surface area contributed by atoms with Crippen molar-refractivity contribution in [3.05, 3.63) is 41.5 Å². The number of aromatic nitrogens is 2. The van der Waals surface area contributed by atoms with E-state index in [2.05, 4.69) is 47.5 Å². The van der Waals surface area contributed by atoms with Gasteiger partial charge in [0.15, 0.2) is 5.82 Å². The Labute approximate surface area is 113 Å². The maximum absolute atomic E-state index is 5.39. The third-order valence-corrected chi connectivity index (χ3v) is 3.50. The topological polar surface area (TPSA) is 51.0 Å². The van der Waals surface area contributed by atoms with Crippen LogP contribution in [0.3, 0.4) is 0 Å². The Hall–Kier alpha value is -1.84. The molecular formula is C15H19N3O. The van der Waals surface area contributed by atoms with Crippen molar-refractivity contribution >= 4 is 5.69 Å². The number of nitrogens with zero attached hydrogens (tertiary/aromatic N) is 2. The fraction of sp³-hybridized carbons (Fsp3) is 0.467. The molecule has 0 aliphatic carbocycles. The van der Waals surface area contributed by atoms with Gasteiger partial charge in [0.2, 0.25) is 5.89 Å². The van der Waals surface area contributed by atoms with E-state index in [4.69, 9.17) is 4.52 Å². The lowest BCUT2D eigenvalue weighted by Crippen LogP contribution is -2.06. The molecule has 0 bridgehead atoms. The van der Waals surface area contributed by atoms with E-state index in [1.165, 1.54) is 11.3 Å². The number of fused-ring (bicyclic) bond motifs is 1. The van der Waals surface area contributed by atoms with Gasteiger partial charge in [-0.05, 0) is 24.0 Å². The summed E-state index contributed by atoms with van der Waals surface area (Å²) in [6, 6.07) is 8.45. The van der Waals surface area contributed by atoms with Crippen molar-refractivity contribution in [1.29, 1.82) is 0 Å². The van der Waals surface area contributed by atoms with Gasteiger partial charge >= 0.3 is 0 Å². The van der Waals surface area contributed by atoms with E-state index >= 15 is 0 Å². The van der Waals surface area contributed by atoms with Gasteiger partial charge < -0.3 is 9.84 Å². The van der Waals surface area contributed by atoms with Gasteiger partial charge in [0.05, 0.1) is 0 Å². The van der Waals surface area contributed by atoms with Crippen molar-refractivity contribution < 1.29 is 4.52 Å². The molecule has 100 valence electrons. The minimum atomic E-state index is 0.123. The molecule has 1 aliphatic rings. The summed E-state index contributed by atoms with van der Waals surface area (Å²) >= 11 is 0. The van der Waals surface area contributed by atoms with Crippen LogP contribution in [0.25, 0.3) is 0 Å². The lowest BCUT2D eigenvalue weighted by molar-refractivity contribution is 0.358. The average Bonchev–Trinajstić information content (AvgIpc) is 3.02. The molecule has 0 spiro atoms. The highest BCUT2D eigenvalue weighted by Gasteiger charge is 2.26. The molecule has 3 rings (SSSR count). The molecule has 2 heterocycles. The Kier molecular flexibility index (Phi) is 3.23. The van der Waals surface area contributed by atoms with Crippen molar-refractivity contribution in [2.75, 3.05) is 5.32 Å². The van der Waals surface area contributed by atoms with Crippen LogP contribution in [-0.4, -0.2) is 10.1 Å². The highest BCUT2D eigenvalue weighted by molar-refractivity contribution is 5.56. The van der Waals surface area contributed by atoms with Gasteiger partial charge in [-0.1, -0.05) is 37.2 Å². The second kappa shape index (κ2) is 5.03. The number of hydrogen-bond acceptors (Lipinski definition) is 4. The van der Waals surface area contributed by atoms with E-state index < -0.39 is 0 Å². The van der Waals surface area contributed by atoms with Gasteiger partial charge in [-0.15, -0.1) is 0 Å². The van der Waals surface area contributed by atoms with Gasteiger partial charge in [0.25, 0.3) is 0 Å². The van der Waals surface area contributed by atoms with Crippen molar-refractivity contribution in [3.63, 3.8) is 0 Å².